The third-order valence-corrected chi connectivity index (χ3v) is 5.36. The lowest BCUT2D eigenvalue weighted by atomic mass is 9.94. The van der Waals surface area contributed by atoms with Gasteiger partial charge >= 0.3 is 5.97 Å². The van der Waals surface area contributed by atoms with Crippen molar-refractivity contribution in [1.82, 2.24) is 4.90 Å². The molecule has 2 aliphatic rings. The maximum atomic E-state index is 13.9. The zero-order valence-corrected chi connectivity index (χ0v) is 13.5. The molecule has 1 saturated heterocycles. The van der Waals surface area contributed by atoms with Gasteiger partial charge in [0.2, 0.25) is 0 Å². The number of carboxylic acids is 1. The predicted molar refractivity (Wildman–Crippen MR) is 87.4 cm³/mol. The number of carbonyl (C=O) groups is 2. The number of hydrogen-bond donors (Lipinski definition) is 1. The van der Waals surface area contributed by atoms with E-state index in [4.69, 9.17) is 4.42 Å². The molecule has 5 nitrogen and oxygen atoms in total. The number of halogens is 1. The number of benzene rings is 1. The van der Waals surface area contributed by atoms with Crippen LogP contribution in [-0.2, 0) is 4.79 Å². The third kappa shape index (κ3) is 2.62. The smallest absolute Gasteiger partial charge is 0.326 e. The number of likely N-dealkylation sites (tertiary alicyclic amines) is 1. The summed E-state index contributed by atoms with van der Waals surface area (Å²) in [5.74, 6) is -1.28. The normalized spacial score (nSPS) is 25.2. The minimum absolute atomic E-state index is 0.0162. The highest BCUT2D eigenvalue weighted by molar-refractivity contribution is 5.95. The first-order chi connectivity index (χ1) is 12.1. The highest BCUT2D eigenvalue weighted by atomic mass is 19.1. The number of hydrogen-bond acceptors (Lipinski definition) is 3. The Morgan fingerprint density at radius 1 is 1.16 bits per heavy atom. The van der Waals surface area contributed by atoms with Gasteiger partial charge in [0.15, 0.2) is 5.76 Å². The summed E-state index contributed by atoms with van der Waals surface area (Å²) in [5, 5.41) is 9.57. The van der Waals surface area contributed by atoms with Crippen molar-refractivity contribution in [2.45, 2.75) is 25.3 Å². The van der Waals surface area contributed by atoms with Gasteiger partial charge in [-0.2, -0.15) is 0 Å². The van der Waals surface area contributed by atoms with Crippen molar-refractivity contribution in [3.63, 3.8) is 0 Å². The van der Waals surface area contributed by atoms with Gasteiger partial charge in [-0.15, -0.1) is 0 Å². The molecular formula is C19H18FNO4. The Hall–Kier alpha value is -2.63. The Morgan fingerprint density at radius 3 is 2.72 bits per heavy atom. The number of aliphatic carboxylic acids is 1. The maximum absolute atomic E-state index is 13.9. The van der Waals surface area contributed by atoms with Crippen LogP contribution >= 0.6 is 0 Å². The summed E-state index contributed by atoms with van der Waals surface area (Å²) < 4.78 is 19.4. The second-order valence-electron chi connectivity index (χ2n) is 6.74. The van der Waals surface area contributed by atoms with E-state index in [1.54, 1.807) is 24.3 Å². The summed E-state index contributed by atoms with van der Waals surface area (Å²) in [7, 11) is 0. The minimum atomic E-state index is -0.969. The lowest BCUT2D eigenvalue weighted by Crippen LogP contribution is -2.43. The average molecular weight is 343 g/mol. The predicted octanol–water partition coefficient (Wildman–Crippen LogP) is 3.41. The molecule has 0 radical (unpaired) electrons. The quantitative estimate of drug-likeness (QED) is 0.927. The first-order valence-corrected chi connectivity index (χ1v) is 8.45. The van der Waals surface area contributed by atoms with E-state index in [0.717, 1.165) is 19.3 Å². The van der Waals surface area contributed by atoms with Crippen LogP contribution in [0, 0.1) is 17.7 Å². The summed E-state index contributed by atoms with van der Waals surface area (Å²) in [4.78, 5) is 25.9. The lowest BCUT2D eigenvalue weighted by Gasteiger charge is -2.23. The van der Waals surface area contributed by atoms with E-state index in [2.05, 4.69) is 0 Å². The molecule has 1 aliphatic heterocycles. The first-order valence-electron chi connectivity index (χ1n) is 8.45. The van der Waals surface area contributed by atoms with E-state index in [1.807, 2.05) is 0 Å². The van der Waals surface area contributed by atoms with Crippen molar-refractivity contribution in [2.75, 3.05) is 6.54 Å². The molecule has 1 amide bonds. The molecule has 4 rings (SSSR count). The second kappa shape index (κ2) is 6.02. The van der Waals surface area contributed by atoms with E-state index < -0.39 is 23.7 Å². The van der Waals surface area contributed by atoms with Crippen molar-refractivity contribution < 1.29 is 23.5 Å². The van der Waals surface area contributed by atoms with Crippen molar-refractivity contribution in [3.8, 4) is 11.3 Å². The van der Waals surface area contributed by atoms with Crippen LogP contribution in [-0.4, -0.2) is 34.5 Å². The number of furan rings is 1. The molecule has 3 unspecified atom stereocenters. The van der Waals surface area contributed by atoms with Gasteiger partial charge in [0, 0.05) is 6.54 Å². The van der Waals surface area contributed by atoms with Crippen LogP contribution in [0.15, 0.2) is 40.8 Å². The first kappa shape index (κ1) is 15.9. The molecule has 1 saturated carbocycles. The SMILES string of the molecule is O=C(O)C1C2CCCC2CN1C(=O)c1ccc(-c2ccccc2F)o1. The van der Waals surface area contributed by atoms with Crippen molar-refractivity contribution in [2.24, 2.45) is 11.8 Å². The van der Waals surface area contributed by atoms with Gasteiger partial charge in [-0.25, -0.2) is 9.18 Å². The highest BCUT2D eigenvalue weighted by Crippen LogP contribution is 2.43. The molecule has 25 heavy (non-hydrogen) atoms. The molecule has 0 spiro atoms. The molecule has 1 aliphatic carbocycles. The maximum Gasteiger partial charge on any atom is 0.326 e. The van der Waals surface area contributed by atoms with E-state index in [-0.39, 0.29) is 28.9 Å². The molecule has 1 aromatic carbocycles. The topological polar surface area (TPSA) is 70.8 Å². The van der Waals surface area contributed by atoms with Gasteiger partial charge in [-0.3, -0.25) is 4.79 Å². The van der Waals surface area contributed by atoms with Crippen LogP contribution in [0.1, 0.15) is 29.8 Å². The van der Waals surface area contributed by atoms with Gasteiger partial charge in [0.25, 0.3) is 5.91 Å². The molecule has 6 heteroatoms. The Balaban J connectivity index is 1.61. The number of fused-ring (bicyclic) bond motifs is 1. The molecule has 3 atom stereocenters. The lowest BCUT2D eigenvalue weighted by molar-refractivity contribution is -0.142. The van der Waals surface area contributed by atoms with Crippen molar-refractivity contribution in [1.29, 1.82) is 0 Å². The molecule has 2 heterocycles. The van der Waals surface area contributed by atoms with Crippen LogP contribution in [0.5, 0.6) is 0 Å². The minimum Gasteiger partial charge on any atom is -0.480 e. The fourth-order valence-corrected chi connectivity index (χ4v) is 4.23. The standard InChI is InChI=1S/C19H18FNO4/c20-14-7-2-1-5-13(14)15-8-9-16(25-15)18(22)21-10-11-4-3-6-12(11)17(21)19(23)24/h1-2,5,7-9,11-12,17H,3-4,6,10H2,(H,23,24). The summed E-state index contributed by atoms with van der Waals surface area (Å²) in [6, 6.07) is 8.38. The van der Waals surface area contributed by atoms with Gasteiger partial charge in [0.1, 0.15) is 17.6 Å². The summed E-state index contributed by atoms with van der Waals surface area (Å²) in [6.45, 7) is 0.441. The average Bonchev–Trinajstić information content (AvgIpc) is 3.29. The van der Waals surface area contributed by atoms with Crippen LogP contribution < -0.4 is 0 Å². The second-order valence-corrected chi connectivity index (χ2v) is 6.74. The Kier molecular flexibility index (Phi) is 3.82. The molecule has 130 valence electrons. The Bertz CT molecular complexity index is 830. The molecule has 1 N–H and O–H groups in total. The Labute approximate surface area is 144 Å². The van der Waals surface area contributed by atoms with E-state index >= 15 is 0 Å². The number of amides is 1. The van der Waals surface area contributed by atoms with Crippen molar-refractivity contribution in [3.05, 3.63) is 48.0 Å². The number of carboxylic acid groups (broad SMARTS) is 1. The van der Waals surface area contributed by atoms with Gasteiger partial charge in [-0.1, -0.05) is 18.6 Å². The fraction of sp³-hybridized carbons (Fsp3) is 0.368. The zero-order chi connectivity index (χ0) is 17.6. The van der Waals surface area contributed by atoms with Crippen LogP contribution in [0.25, 0.3) is 11.3 Å². The number of rotatable bonds is 3. The molecule has 0 bridgehead atoms. The molecule has 2 fully saturated rings. The van der Waals surface area contributed by atoms with Crippen LogP contribution in [0.2, 0.25) is 0 Å². The van der Waals surface area contributed by atoms with Crippen molar-refractivity contribution >= 4 is 11.9 Å². The number of nitrogens with zero attached hydrogens (tertiary/aromatic N) is 1. The third-order valence-electron chi connectivity index (χ3n) is 5.36. The highest BCUT2D eigenvalue weighted by Gasteiger charge is 2.50. The molecular weight excluding hydrogens is 325 g/mol. The van der Waals surface area contributed by atoms with Gasteiger partial charge in [-0.05, 0) is 48.9 Å². The number of carbonyl (C=O) groups excluding carboxylic acids is 1. The largest absolute Gasteiger partial charge is 0.480 e. The monoisotopic (exact) mass is 343 g/mol. The van der Waals surface area contributed by atoms with E-state index in [9.17, 15) is 19.1 Å². The van der Waals surface area contributed by atoms with E-state index in [0.29, 0.717) is 6.54 Å². The summed E-state index contributed by atoms with van der Waals surface area (Å²) in [6.07, 6.45) is 2.81. The Morgan fingerprint density at radius 2 is 1.96 bits per heavy atom. The molecule has 1 aromatic heterocycles. The van der Waals surface area contributed by atoms with E-state index in [1.165, 1.54) is 17.0 Å². The van der Waals surface area contributed by atoms with Crippen LogP contribution in [0.3, 0.4) is 0 Å². The molecule has 2 aromatic rings. The van der Waals surface area contributed by atoms with Gasteiger partial charge < -0.3 is 14.4 Å². The van der Waals surface area contributed by atoms with Gasteiger partial charge in [0.05, 0.1) is 5.56 Å². The summed E-state index contributed by atoms with van der Waals surface area (Å²) >= 11 is 0. The zero-order valence-electron chi connectivity index (χ0n) is 13.5. The van der Waals surface area contributed by atoms with Crippen LogP contribution in [0.4, 0.5) is 4.39 Å². The fourth-order valence-electron chi connectivity index (χ4n) is 4.23. The summed E-state index contributed by atoms with van der Waals surface area (Å²) in [5.41, 5.74) is 0.273.